The molecule has 0 spiro atoms. The number of hydrogen-bond donors (Lipinski definition) is 0. The number of nitrogens with zero attached hydrogens (tertiary/aromatic N) is 2. The van der Waals surface area contributed by atoms with Crippen LogP contribution in [-0.4, -0.2) is 38.5 Å². The van der Waals surface area contributed by atoms with E-state index in [2.05, 4.69) is 0 Å². The van der Waals surface area contributed by atoms with Crippen LogP contribution >= 0.6 is 34.5 Å². The predicted molar refractivity (Wildman–Crippen MR) is 183 cm³/mol. The van der Waals surface area contributed by atoms with Crippen molar-refractivity contribution in [2.24, 2.45) is 4.99 Å². The number of rotatable bonds is 12. The molecule has 0 saturated carbocycles. The van der Waals surface area contributed by atoms with E-state index >= 15 is 0 Å². The van der Waals surface area contributed by atoms with E-state index in [-0.39, 0.29) is 18.8 Å². The second kappa shape index (κ2) is 15.1. The lowest BCUT2D eigenvalue weighted by Gasteiger charge is -2.27. The number of esters is 1. The standard InChI is InChI=1S/C35H34Cl2N2O7S/c1-6-8-26-31(34(41)45-7-2)32(24-18-23(42-3)12-14-27(24)43-4)39-33(40)30(47-35(39)38-26)16-20-9-13-28(29(15-20)44-5)46-19-21-10-11-22(36)17-25(21)37/h9-18,32H,6-8,19H2,1-5H3/b30-16-/t32-/m1/s1. The molecule has 0 aliphatic carbocycles. The minimum Gasteiger partial charge on any atom is -0.497 e. The molecule has 0 N–H and O–H groups in total. The van der Waals surface area contributed by atoms with Gasteiger partial charge in [0.1, 0.15) is 24.1 Å². The van der Waals surface area contributed by atoms with Gasteiger partial charge in [-0.05, 0) is 67.4 Å². The Balaban J connectivity index is 1.62. The monoisotopic (exact) mass is 696 g/mol. The number of halogens is 2. The molecule has 0 radical (unpaired) electrons. The molecule has 47 heavy (non-hydrogen) atoms. The lowest BCUT2D eigenvalue weighted by atomic mass is 9.93. The van der Waals surface area contributed by atoms with Gasteiger partial charge in [0.05, 0.1) is 43.7 Å². The summed E-state index contributed by atoms with van der Waals surface area (Å²) in [5, 5.41) is 1.04. The van der Waals surface area contributed by atoms with E-state index in [1.807, 2.05) is 13.0 Å². The average molecular weight is 698 g/mol. The summed E-state index contributed by atoms with van der Waals surface area (Å²) in [7, 11) is 4.64. The Morgan fingerprint density at radius 3 is 2.40 bits per heavy atom. The topological polar surface area (TPSA) is 97.6 Å². The Morgan fingerprint density at radius 1 is 0.957 bits per heavy atom. The third-order valence-electron chi connectivity index (χ3n) is 7.51. The summed E-state index contributed by atoms with van der Waals surface area (Å²) in [5.74, 6) is 1.48. The summed E-state index contributed by atoms with van der Waals surface area (Å²) in [5.41, 5.74) is 2.60. The first-order valence-electron chi connectivity index (χ1n) is 14.9. The van der Waals surface area contributed by atoms with Gasteiger partial charge in [0.25, 0.3) is 5.56 Å². The van der Waals surface area contributed by atoms with Crippen LogP contribution in [0.3, 0.4) is 0 Å². The minimum absolute atomic E-state index is 0.169. The van der Waals surface area contributed by atoms with Crippen LogP contribution in [0, 0.1) is 0 Å². The molecule has 0 amide bonds. The van der Waals surface area contributed by atoms with E-state index in [0.29, 0.717) is 71.2 Å². The van der Waals surface area contributed by atoms with Crippen molar-refractivity contribution in [3.63, 3.8) is 0 Å². The zero-order chi connectivity index (χ0) is 33.7. The molecule has 3 aromatic carbocycles. The van der Waals surface area contributed by atoms with E-state index in [9.17, 15) is 9.59 Å². The van der Waals surface area contributed by atoms with Crippen LogP contribution in [0.5, 0.6) is 23.0 Å². The van der Waals surface area contributed by atoms with Gasteiger partial charge in [0.2, 0.25) is 0 Å². The lowest BCUT2D eigenvalue weighted by Crippen LogP contribution is -2.40. The summed E-state index contributed by atoms with van der Waals surface area (Å²) < 4.78 is 30.3. The van der Waals surface area contributed by atoms with Gasteiger partial charge in [-0.15, -0.1) is 0 Å². The number of aromatic nitrogens is 1. The molecule has 246 valence electrons. The van der Waals surface area contributed by atoms with Crippen LogP contribution in [0.4, 0.5) is 0 Å². The van der Waals surface area contributed by atoms with Gasteiger partial charge < -0.3 is 23.7 Å². The number of ether oxygens (including phenoxy) is 5. The number of fused-ring (bicyclic) bond motifs is 1. The summed E-state index contributed by atoms with van der Waals surface area (Å²) in [6, 6.07) is 15.0. The van der Waals surface area contributed by atoms with E-state index < -0.39 is 12.0 Å². The lowest BCUT2D eigenvalue weighted by molar-refractivity contribution is -0.139. The zero-order valence-electron chi connectivity index (χ0n) is 26.6. The third kappa shape index (κ3) is 7.20. The maximum Gasteiger partial charge on any atom is 0.338 e. The second-order valence-corrected chi connectivity index (χ2v) is 12.3. The molecule has 5 rings (SSSR count). The van der Waals surface area contributed by atoms with E-state index in [1.165, 1.54) is 15.9 Å². The Morgan fingerprint density at radius 2 is 1.72 bits per heavy atom. The van der Waals surface area contributed by atoms with Crippen LogP contribution in [-0.2, 0) is 16.1 Å². The molecule has 1 atom stereocenters. The van der Waals surface area contributed by atoms with Gasteiger partial charge in [0.15, 0.2) is 16.3 Å². The number of carbonyl (C=O) groups is 1. The van der Waals surface area contributed by atoms with Crippen molar-refractivity contribution >= 4 is 46.6 Å². The average Bonchev–Trinajstić information content (AvgIpc) is 3.37. The molecule has 1 aliphatic rings. The Labute approximate surface area is 286 Å². The molecule has 0 bridgehead atoms. The molecule has 12 heteroatoms. The summed E-state index contributed by atoms with van der Waals surface area (Å²) >= 11 is 13.6. The molecule has 4 aromatic rings. The molecule has 0 fully saturated rings. The van der Waals surface area contributed by atoms with Crippen LogP contribution in [0.2, 0.25) is 10.0 Å². The highest BCUT2D eigenvalue weighted by Crippen LogP contribution is 2.39. The largest absolute Gasteiger partial charge is 0.497 e. The SMILES string of the molecule is CCCC1=C(C(=O)OCC)[C@@H](c2cc(OC)ccc2OC)n2c(s/c(=C\c3ccc(OCc4ccc(Cl)cc4Cl)c(OC)c3)c2=O)=N1. The second-order valence-electron chi connectivity index (χ2n) is 10.5. The summed E-state index contributed by atoms with van der Waals surface area (Å²) in [6.45, 7) is 4.13. The first-order chi connectivity index (χ1) is 22.7. The van der Waals surface area contributed by atoms with E-state index in [0.717, 1.165) is 12.0 Å². The fourth-order valence-corrected chi connectivity index (χ4v) is 6.79. The molecular weight excluding hydrogens is 663 g/mol. The number of thiazole rings is 1. The Bertz CT molecular complexity index is 2020. The maximum absolute atomic E-state index is 14.2. The van der Waals surface area contributed by atoms with Gasteiger partial charge in [-0.3, -0.25) is 9.36 Å². The highest BCUT2D eigenvalue weighted by atomic mass is 35.5. The van der Waals surface area contributed by atoms with Crippen molar-refractivity contribution in [3.8, 4) is 23.0 Å². The number of benzene rings is 3. The zero-order valence-corrected chi connectivity index (χ0v) is 28.9. The molecule has 0 unspecified atom stereocenters. The van der Waals surface area contributed by atoms with Crippen molar-refractivity contribution in [2.75, 3.05) is 27.9 Å². The smallest absolute Gasteiger partial charge is 0.338 e. The van der Waals surface area contributed by atoms with Crippen LogP contribution < -0.4 is 33.8 Å². The first-order valence-corrected chi connectivity index (χ1v) is 16.5. The molecule has 2 heterocycles. The number of allylic oxidation sites excluding steroid dienone is 1. The third-order valence-corrected chi connectivity index (χ3v) is 9.08. The minimum atomic E-state index is -0.857. The molecule has 1 aromatic heterocycles. The van der Waals surface area contributed by atoms with Gasteiger partial charge >= 0.3 is 5.97 Å². The Hall–Kier alpha value is -4.25. The number of hydrogen-bond acceptors (Lipinski definition) is 9. The normalized spacial score (nSPS) is 14.4. The van der Waals surface area contributed by atoms with Gasteiger partial charge in [0, 0.05) is 21.2 Å². The fraction of sp³-hybridized carbons (Fsp3) is 0.286. The van der Waals surface area contributed by atoms with E-state index in [4.69, 9.17) is 51.9 Å². The van der Waals surface area contributed by atoms with Gasteiger partial charge in [-0.1, -0.05) is 60.0 Å². The number of methoxy groups -OCH3 is 3. The van der Waals surface area contributed by atoms with Crippen molar-refractivity contribution < 1.29 is 28.5 Å². The number of carbonyl (C=O) groups excluding carboxylic acids is 1. The maximum atomic E-state index is 14.2. The predicted octanol–water partition coefficient (Wildman–Crippen LogP) is 6.49. The van der Waals surface area contributed by atoms with Crippen molar-refractivity contribution in [3.05, 3.63) is 112 Å². The van der Waals surface area contributed by atoms with Crippen molar-refractivity contribution in [1.82, 2.24) is 4.57 Å². The van der Waals surface area contributed by atoms with Crippen LogP contribution in [0.15, 0.2) is 75.7 Å². The van der Waals surface area contributed by atoms with Crippen molar-refractivity contribution in [1.29, 1.82) is 0 Å². The van der Waals surface area contributed by atoms with Gasteiger partial charge in [-0.25, -0.2) is 9.79 Å². The van der Waals surface area contributed by atoms with Crippen LogP contribution in [0.1, 0.15) is 49.4 Å². The fourth-order valence-electron chi connectivity index (χ4n) is 5.31. The van der Waals surface area contributed by atoms with Gasteiger partial charge in [-0.2, -0.15) is 0 Å². The quantitative estimate of drug-likeness (QED) is 0.156. The molecular formula is C35H34Cl2N2O7S. The Kier molecular flexibility index (Phi) is 11.0. The molecule has 9 nitrogen and oxygen atoms in total. The van der Waals surface area contributed by atoms with Crippen LogP contribution in [0.25, 0.3) is 6.08 Å². The van der Waals surface area contributed by atoms with E-state index in [1.54, 1.807) is 82.9 Å². The highest BCUT2D eigenvalue weighted by Gasteiger charge is 2.36. The first kappa shape index (κ1) is 34.1. The highest BCUT2D eigenvalue weighted by molar-refractivity contribution is 7.07. The van der Waals surface area contributed by atoms with Crippen molar-refractivity contribution in [2.45, 2.75) is 39.3 Å². The summed E-state index contributed by atoms with van der Waals surface area (Å²) in [4.78, 5) is 33.1. The summed E-state index contributed by atoms with van der Waals surface area (Å²) in [6.07, 6.45) is 3.01. The molecule has 0 saturated heterocycles. The molecule has 1 aliphatic heterocycles.